The number of amides is 1. The van der Waals surface area contributed by atoms with Crippen LogP contribution in [-0.4, -0.2) is 35.5 Å². The first kappa shape index (κ1) is 23.3. The van der Waals surface area contributed by atoms with Gasteiger partial charge in [0.15, 0.2) is 5.82 Å². The number of hydrogen-bond donors (Lipinski definition) is 4. The van der Waals surface area contributed by atoms with Gasteiger partial charge >= 0.3 is 0 Å². The van der Waals surface area contributed by atoms with Gasteiger partial charge in [0.25, 0.3) is 0 Å². The molecule has 0 saturated heterocycles. The molecule has 5 aromatic rings. The van der Waals surface area contributed by atoms with Gasteiger partial charge in [-0.1, -0.05) is 12.5 Å². The van der Waals surface area contributed by atoms with Crippen molar-refractivity contribution in [3.63, 3.8) is 0 Å². The molecule has 1 aliphatic carbocycles. The van der Waals surface area contributed by atoms with Gasteiger partial charge in [-0.2, -0.15) is 4.98 Å². The molecule has 11 nitrogen and oxygen atoms in total. The van der Waals surface area contributed by atoms with Crippen molar-refractivity contribution in [3.05, 3.63) is 72.7 Å². The van der Waals surface area contributed by atoms with Crippen molar-refractivity contribution in [1.82, 2.24) is 29.5 Å². The molecule has 6 rings (SSSR count). The highest BCUT2D eigenvalue weighted by molar-refractivity contribution is 5.94. The lowest BCUT2D eigenvalue weighted by Gasteiger charge is -2.24. The van der Waals surface area contributed by atoms with Gasteiger partial charge in [0.2, 0.25) is 17.7 Å². The van der Waals surface area contributed by atoms with Crippen molar-refractivity contribution in [2.75, 3.05) is 21.7 Å². The lowest BCUT2D eigenvalue weighted by molar-refractivity contribution is -0.122. The molecule has 0 atom stereocenters. The summed E-state index contributed by atoms with van der Waals surface area (Å²) in [7, 11) is 0. The maximum absolute atomic E-state index is 12.2. The third-order valence-electron chi connectivity index (χ3n) is 6.45. The number of pyridine rings is 1. The van der Waals surface area contributed by atoms with E-state index in [4.69, 9.17) is 10.7 Å². The number of hydrogen-bond acceptors (Lipinski definition) is 9. The molecule has 0 radical (unpaired) electrons. The lowest BCUT2D eigenvalue weighted by atomic mass is 9.85. The largest absolute Gasteiger partial charge is 0.397 e. The molecular formula is C27H26N10O. The van der Waals surface area contributed by atoms with Gasteiger partial charge in [-0.05, 0) is 68.3 Å². The van der Waals surface area contributed by atoms with E-state index < -0.39 is 0 Å². The number of aryl methyl sites for hydroxylation is 1. The van der Waals surface area contributed by atoms with E-state index in [1.807, 2.05) is 49.5 Å². The van der Waals surface area contributed by atoms with E-state index in [9.17, 15) is 4.79 Å². The van der Waals surface area contributed by atoms with Gasteiger partial charge in [0.1, 0.15) is 17.0 Å². The summed E-state index contributed by atoms with van der Waals surface area (Å²) < 4.78 is 1.75. The smallest absolute Gasteiger partial charge is 0.229 e. The Balaban J connectivity index is 1.22. The molecule has 1 aromatic carbocycles. The van der Waals surface area contributed by atoms with Gasteiger partial charge in [0, 0.05) is 29.7 Å². The number of carbonyl (C=O) groups is 1. The first-order chi connectivity index (χ1) is 18.5. The van der Waals surface area contributed by atoms with Crippen molar-refractivity contribution in [1.29, 1.82) is 0 Å². The Labute approximate surface area is 218 Å². The van der Waals surface area contributed by atoms with Crippen LogP contribution in [0.25, 0.3) is 17.0 Å². The van der Waals surface area contributed by atoms with Crippen LogP contribution in [0.2, 0.25) is 0 Å². The third kappa shape index (κ3) is 4.81. The molecule has 1 aliphatic rings. The molecule has 0 spiro atoms. The Hall–Kier alpha value is -5.06. The minimum Gasteiger partial charge on any atom is -0.397 e. The van der Waals surface area contributed by atoms with Crippen LogP contribution in [-0.2, 0) is 4.79 Å². The maximum atomic E-state index is 12.2. The van der Waals surface area contributed by atoms with Crippen LogP contribution < -0.4 is 21.7 Å². The third-order valence-corrected chi connectivity index (χ3v) is 6.45. The highest BCUT2D eigenvalue weighted by Gasteiger charge is 2.25. The Bertz CT molecular complexity index is 1640. The van der Waals surface area contributed by atoms with E-state index in [1.54, 1.807) is 28.9 Å². The molecule has 11 heteroatoms. The van der Waals surface area contributed by atoms with Crippen LogP contribution in [0.4, 0.5) is 34.6 Å². The normalized spacial score (nSPS) is 13.2. The van der Waals surface area contributed by atoms with Gasteiger partial charge in [0.05, 0.1) is 11.4 Å². The Kier molecular flexibility index (Phi) is 6.00. The van der Waals surface area contributed by atoms with E-state index in [1.165, 1.54) is 0 Å². The Morgan fingerprint density at radius 1 is 1.03 bits per heavy atom. The molecule has 38 heavy (non-hydrogen) atoms. The first-order valence-corrected chi connectivity index (χ1v) is 12.4. The number of benzene rings is 1. The molecule has 4 heterocycles. The molecular weight excluding hydrogens is 480 g/mol. The van der Waals surface area contributed by atoms with Crippen molar-refractivity contribution in [2.45, 2.75) is 26.2 Å². The number of anilines is 6. The summed E-state index contributed by atoms with van der Waals surface area (Å²) in [6.07, 6.45) is 6.49. The second-order valence-electron chi connectivity index (χ2n) is 9.22. The fourth-order valence-corrected chi connectivity index (χ4v) is 4.20. The molecule has 0 aliphatic heterocycles. The van der Waals surface area contributed by atoms with E-state index >= 15 is 0 Å². The van der Waals surface area contributed by atoms with Crippen molar-refractivity contribution < 1.29 is 4.79 Å². The standard InChI is InChI=1S/C27H26N10O/c1-16-5-2-8-21(30-16)24-35-25(22-9-4-14-37(22)36-24)33-23-12-13-29-27(34-23)32-20-11-10-18(15-19(20)28)31-26(38)17-6-3-7-17/h2,4-5,8-15,17H,3,6-7,28H2,1H3,(H,31,38)(H2,29,32,33,34,35,36). The summed E-state index contributed by atoms with van der Waals surface area (Å²) in [5.74, 6) is 2.11. The monoisotopic (exact) mass is 506 g/mol. The number of nitrogens with zero attached hydrogens (tertiary/aromatic N) is 6. The average molecular weight is 507 g/mol. The van der Waals surface area contributed by atoms with Gasteiger partial charge in [-0.25, -0.2) is 19.5 Å². The van der Waals surface area contributed by atoms with Crippen molar-refractivity contribution in [2.24, 2.45) is 5.92 Å². The topological polar surface area (TPSA) is 148 Å². The highest BCUT2D eigenvalue weighted by atomic mass is 16.1. The molecule has 1 fully saturated rings. The summed E-state index contributed by atoms with van der Waals surface area (Å²) in [6.45, 7) is 1.93. The fourth-order valence-electron chi connectivity index (χ4n) is 4.20. The molecule has 0 unspecified atom stereocenters. The number of fused-ring (bicyclic) bond motifs is 1. The number of carbonyl (C=O) groups excluding carboxylic acids is 1. The molecule has 190 valence electrons. The lowest BCUT2D eigenvalue weighted by Crippen LogP contribution is -2.28. The second kappa shape index (κ2) is 9.77. The minimum atomic E-state index is 0.0432. The molecule has 4 aromatic heterocycles. The van der Waals surface area contributed by atoms with Crippen LogP contribution in [0.3, 0.4) is 0 Å². The predicted octanol–water partition coefficient (Wildman–Crippen LogP) is 4.70. The highest BCUT2D eigenvalue weighted by Crippen LogP contribution is 2.30. The summed E-state index contributed by atoms with van der Waals surface area (Å²) in [4.78, 5) is 30.4. The van der Waals surface area contributed by atoms with E-state index in [2.05, 4.69) is 36.0 Å². The minimum absolute atomic E-state index is 0.0432. The molecule has 5 N–H and O–H groups in total. The van der Waals surface area contributed by atoms with E-state index in [-0.39, 0.29) is 11.8 Å². The number of aromatic nitrogens is 6. The summed E-state index contributed by atoms with van der Waals surface area (Å²) in [5, 5.41) is 14.0. The van der Waals surface area contributed by atoms with Crippen LogP contribution >= 0.6 is 0 Å². The number of nitrogens with two attached hydrogens (primary N) is 1. The van der Waals surface area contributed by atoms with Crippen molar-refractivity contribution >= 4 is 46.1 Å². The SMILES string of the molecule is Cc1cccc(-c2nc(Nc3ccnc(Nc4ccc(NC(=O)C5CCC5)cc4N)n3)c3cccn3n2)n1. The summed E-state index contributed by atoms with van der Waals surface area (Å²) in [6, 6.07) is 16.6. The molecule has 0 bridgehead atoms. The number of nitrogen functional groups attached to an aromatic ring is 1. The zero-order chi connectivity index (χ0) is 26.1. The fraction of sp³-hybridized carbons (Fsp3) is 0.185. The summed E-state index contributed by atoms with van der Waals surface area (Å²) >= 11 is 0. The van der Waals surface area contributed by atoms with Crippen LogP contribution in [0.5, 0.6) is 0 Å². The van der Waals surface area contributed by atoms with E-state index in [0.29, 0.717) is 46.2 Å². The average Bonchev–Trinajstić information content (AvgIpc) is 3.34. The van der Waals surface area contributed by atoms with Gasteiger partial charge in [-0.3, -0.25) is 4.79 Å². The maximum Gasteiger partial charge on any atom is 0.229 e. The van der Waals surface area contributed by atoms with Gasteiger partial charge < -0.3 is 21.7 Å². The zero-order valence-electron chi connectivity index (χ0n) is 20.7. The molecule has 1 saturated carbocycles. The molecule has 1 amide bonds. The second-order valence-corrected chi connectivity index (χ2v) is 9.22. The Morgan fingerprint density at radius 2 is 1.92 bits per heavy atom. The van der Waals surface area contributed by atoms with Crippen LogP contribution in [0, 0.1) is 12.8 Å². The zero-order valence-corrected chi connectivity index (χ0v) is 20.7. The van der Waals surface area contributed by atoms with E-state index in [0.717, 1.165) is 30.5 Å². The summed E-state index contributed by atoms with van der Waals surface area (Å²) in [5.41, 5.74) is 10.4. The van der Waals surface area contributed by atoms with Crippen LogP contribution in [0.1, 0.15) is 25.0 Å². The van der Waals surface area contributed by atoms with Crippen molar-refractivity contribution in [3.8, 4) is 11.5 Å². The number of rotatable bonds is 7. The number of nitrogens with one attached hydrogen (secondary N) is 3. The first-order valence-electron chi connectivity index (χ1n) is 12.4. The van der Waals surface area contributed by atoms with Gasteiger partial charge in [-0.15, -0.1) is 5.10 Å². The quantitative estimate of drug-likeness (QED) is 0.231. The van der Waals surface area contributed by atoms with Crippen LogP contribution in [0.15, 0.2) is 67.0 Å². The Morgan fingerprint density at radius 3 is 2.71 bits per heavy atom. The predicted molar refractivity (Wildman–Crippen MR) is 146 cm³/mol.